The van der Waals surface area contributed by atoms with E-state index >= 15 is 0 Å². The van der Waals surface area contributed by atoms with Gasteiger partial charge in [-0.2, -0.15) is 0 Å². The van der Waals surface area contributed by atoms with E-state index < -0.39 is 0 Å². The maximum Gasteiger partial charge on any atom is 0.141 e. The van der Waals surface area contributed by atoms with Crippen molar-refractivity contribution >= 4 is 0 Å². The number of hydrogen-bond donors (Lipinski definition) is 1. The van der Waals surface area contributed by atoms with Crippen molar-refractivity contribution in [3.05, 3.63) is 29.8 Å². The van der Waals surface area contributed by atoms with Crippen LogP contribution in [0.15, 0.2) is 18.5 Å². The number of ether oxygens (including phenoxy) is 1. The number of hydrogen-bond acceptors (Lipinski definition) is 3. The summed E-state index contributed by atoms with van der Waals surface area (Å²) in [5.74, 6) is -0.301. The quantitative estimate of drug-likeness (QED) is 0.756. The van der Waals surface area contributed by atoms with Crippen LogP contribution in [-0.4, -0.2) is 24.2 Å². The van der Waals surface area contributed by atoms with Crippen molar-refractivity contribution in [2.45, 2.75) is 32.9 Å². The Morgan fingerprint density at radius 2 is 2.12 bits per heavy atom. The van der Waals surface area contributed by atoms with Crippen molar-refractivity contribution in [3.8, 4) is 0 Å². The van der Waals surface area contributed by atoms with Crippen molar-refractivity contribution in [1.29, 1.82) is 0 Å². The summed E-state index contributed by atoms with van der Waals surface area (Å²) < 4.78 is 18.3. The molecule has 0 aliphatic rings. The Balaban J connectivity index is 2.32. The number of halogens is 1. The summed E-state index contributed by atoms with van der Waals surface area (Å²) in [6, 6.07) is 1.58. The van der Waals surface area contributed by atoms with Gasteiger partial charge in [0.25, 0.3) is 0 Å². The number of pyridine rings is 1. The molecule has 3 nitrogen and oxygen atoms in total. The molecule has 0 unspecified atom stereocenters. The van der Waals surface area contributed by atoms with Gasteiger partial charge < -0.3 is 10.1 Å². The highest BCUT2D eigenvalue weighted by Gasteiger charge is 2.05. The number of nitrogens with one attached hydrogen (secondary N) is 1. The summed E-state index contributed by atoms with van der Waals surface area (Å²) >= 11 is 0. The Morgan fingerprint density at radius 1 is 1.38 bits per heavy atom. The van der Waals surface area contributed by atoms with Crippen LogP contribution in [0.2, 0.25) is 0 Å². The van der Waals surface area contributed by atoms with Crippen LogP contribution in [0.1, 0.15) is 32.4 Å². The standard InChI is InChI=1S/C12H19FN2O/c1-9(2)16-5-4-15-10(3)11-6-12(13)8-14-7-11/h6-10,15H,4-5H2,1-3H3/t10-/m0/s1. The molecule has 0 aromatic carbocycles. The predicted molar refractivity (Wildman–Crippen MR) is 61.7 cm³/mol. The number of aromatic nitrogens is 1. The lowest BCUT2D eigenvalue weighted by atomic mass is 10.1. The zero-order valence-corrected chi connectivity index (χ0v) is 10.0. The van der Waals surface area contributed by atoms with Crippen LogP contribution in [0.25, 0.3) is 0 Å². The first-order valence-corrected chi connectivity index (χ1v) is 5.55. The van der Waals surface area contributed by atoms with E-state index in [0.717, 1.165) is 12.1 Å². The molecule has 0 saturated heterocycles. The van der Waals surface area contributed by atoms with Crippen molar-refractivity contribution in [2.24, 2.45) is 0 Å². The van der Waals surface area contributed by atoms with Gasteiger partial charge in [-0.05, 0) is 32.4 Å². The molecule has 0 bridgehead atoms. The number of nitrogens with zero attached hydrogens (tertiary/aromatic N) is 1. The van der Waals surface area contributed by atoms with Gasteiger partial charge in [0.05, 0.1) is 18.9 Å². The van der Waals surface area contributed by atoms with E-state index in [1.165, 1.54) is 12.3 Å². The summed E-state index contributed by atoms with van der Waals surface area (Å²) in [6.07, 6.45) is 3.12. The van der Waals surface area contributed by atoms with E-state index in [1.807, 2.05) is 20.8 Å². The second kappa shape index (κ2) is 6.55. The third-order valence-corrected chi connectivity index (χ3v) is 2.23. The maximum absolute atomic E-state index is 12.9. The zero-order valence-electron chi connectivity index (χ0n) is 10.0. The van der Waals surface area contributed by atoms with E-state index in [0.29, 0.717) is 6.61 Å². The molecule has 0 aliphatic carbocycles. The topological polar surface area (TPSA) is 34.1 Å². The summed E-state index contributed by atoms with van der Waals surface area (Å²) in [7, 11) is 0. The fourth-order valence-electron chi connectivity index (χ4n) is 1.35. The molecule has 0 aliphatic heterocycles. The van der Waals surface area contributed by atoms with E-state index in [-0.39, 0.29) is 18.0 Å². The molecule has 0 fully saturated rings. The van der Waals surface area contributed by atoms with Gasteiger partial charge in [-0.3, -0.25) is 4.98 Å². The van der Waals surface area contributed by atoms with Crippen LogP contribution in [0.5, 0.6) is 0 Å². The highest BCUT2D eigenvalue weighted by atomic mass is 19.1. The summed E-state index contributed by atoms with van der Waals surface area (Å²) in [5.41, 5.74) is 0.851. The Labute approximate surface area is 96.0 Å². The van der Waals surface area contributed by atoms with Gasteiger partial charge in [-0.15, -0.1) is 0 Å². The molecule has 4 heteroatoms. The third-order valence-electron chi connectivity index (χ3n) is 2.23. The normalized spacial score (nSPS) is 13.1. The van der Waals surface area contributed by atoms with E-state index in [4.69, 9.17) is 4.74 Å². The average Bonchev–Trinajstić information content (AvgIpc) is 2.24. The van der Waals surface area contributed by atoms with Crippen LogP contribution in [-0.2, 0) is 4.74 Å². The summed E-state index contributed by atoms with van der Waals surface area (Å²) in [4.78, 5) is 3.82. The van der Waals surface area contributed by atoms with E-state index in [9.17, 15) is 4.39 Å². The van der Waals surface area contributed by atoms with Crippen molar-refractivity contribution in [1.82, 2.24) is 10.3 Å². The molecular weight excluding hydrogens is 207 g/mol. The second-order valence-electron chi connectivity index (χ2n) is 4.03. The van der Waals surface area contributed by atoms with Gasteiger partial charge in [0.1, 0.15) is 5.82 Å². The van der Waals surface area contributed by atoms with Crippen LogP contribution in [0, 0.1) is 5.82 Å². The van der Waals surface area contributed by atoms with Crippen LogP contribution >= 0.6 is 0 Å². The maximum atomic E-state index is 12.9. The highest BCUT2D eigenvalue weighted by Crippen LogP contribution is 2.11. The minimum absolute atomic E-state index is 0.0824. The first-order valence-electron chi connectivity index (χ1n) is 5.55. The Morgan fingerprint density at radius 3 is 2.75 bits per heavy atom. The molecule has 0 saturated carbocycles. The third kappa shape index (κ3) is 4.68. The van der Waals surface area contributed by atoms with Crippen LogP contribution in [0.4, 0.5) is 4.39 Å². The largest absolute Gasteiger partial charge is 0.377 e. The van der Waals surface area contributed by atoms with E-state index in [2.05, 4.69) is 10.3 Å². The van der Waals surface area contributed by atoms with Gasteiger partial charge in [0, 0.05) is 18.8 Å². The smallest absolute Gasteiger partial charge is 0.141 e. The molecule has 0 amide bonds. The van der Waals surface area contributed by atoms with E-state index in [1.54, 1.807) is 6.20 Å². The van der Waals surface area contributed by atoms with Crippen molar-refractivity contribution < 1.29 is 9.13 Å². The molecular formula is C12H19FN2O. The minimum Gasteiger partial charge on any atom is -0.377 e. The molecule has 90 valence electrons. The molecule has 1 N–H and O–H groups in total. The zero-order chi connectivity index (χ0) is 12.0. The second-order valence-corrected chi connectivity index (χ2v) is 4.03. The first-order chi connectivity index (χ1) is 7.59. The molecule has 1 heterocycles. The Bertz CT molecular complexity index is 318. The average molecular weight is 226 g/mol. The molecule has 0 radical (unpaired) electrons. The molecule has 1 rings (SSSR count). The monoisotopic (exact) mass is 226 g/mol. The molecule has 0 spiro atoms. The molecule has 1 aromatic rings. The fraction of sp³-hybridized carbons (Fsp3) is 0.583. The molecule has 1 aromatic heterocycles. The number of rotatable bonds is 6. The predicted octanol–water partition coefficient (Wildman–Crippen LogP) is 2.30. The summed E-state index contributed by atoms with van der Waals surface area (Å²) in [6.45, 7) is 7.38. The van der Waals surface area contributed by atoms with Gasteiger partial charge in [-0.1, -0.05) is 0 Å². The first kappa shape index (κ1) is 13.1. The van der Waals surface area contributed by atoms with Gasteiger partial charge in [-0.25, -0.2) is 4.39 Å². The molecule has 1 atom stereocenters. The lowest BCUT2D eigenvalue weighted by molar-refractivity contribution is 0.0796. The lowest BCUT2D eigenvalue weighted by Crippen LogP contribution is -2.24. The van der Waals surface area contributed by atoms with Gasteiger partial charge in [0.15, 0.2) is 0 Å². The van der Waals surface area contributed by atoms with Gasteiger partial charge >= 0.3 is 0 Å². The Kier molecular flexibility index (Phi) is 5.35. The SMILES string of the molecule is CC(C)OCCN[C@@H](C)c1cncc(F)c1. The highest BCUT2D eigenvalue weighted by molar-refractivity contribution is 5.14. The lowest BCUT2D eigenvalue weighted by Gasteiger charge is -2.14. The van der Waals surface area contributed by atoms with Crippen molar-refractivity contribution in [2.75, 3.05) is 13.2 Å². The van der Waals surface area contributed by atoms with Gasteiger partial charge in [0.2, 0.25) is 0 Å². The summed E-state index contributed by atoms with van der Waals surface area (Å²) in [5, 5.41) is 3.25. The van der Waals surface area contributed by atoms with Crippen molar-refractivity contribution in [3.63, 3.8) is 0 Å². The van der Waals surface area contributed by atoms with Crippen LogP contribution < -0.4 is 5.32 Å². The fourth-order valence-corrected chi connectivity index (χ4v) is 1.35. The van der Waals surface area contributed by atoms with Crippen LogP contribution in [0.3, 0.4) is 0 Å². The Hall–Kier alpha value is -1.00. The molecule has 16 heavy (non-hydrogen) atoms. The minimum atomic E-state index is -0.301.